The van der Waals surface area contributed by atoms with Crippen molar-refractivity contribution in [3.63, 3.8) is 0 Å². The summed E-state index contributed by atoms with van der Waals surface area (Å²) in [6.45, 7) is 32.9. The zero-order valence-electron chi connectivity index (χ0n) is 37.9. The maximum Gasteiger partial charge on any atom is 1.00 e. The van der Waals surface area contributed by atoms with Gasteiger partial charge in [-0.05, 0) is 12.8 Å². The van der Waals surface area contributed by atoms with E-state index in [0.717, 1.165) is 52.6 Å². The number of ketones is 1. The maximum atomic E-state index is 11.2. The molecule has 0 bridgehead atoms. The Balaban J connectivity index is -0.0000000640. The molecule has 0 aromatic carbocycles. The minimum atomic E-state index is -0.639. The molecule has 0 aliphatic carbocycles. The summed E-state index contributed by atoms with van der Waals surface area (Å²) in [6, 6.07) is 1.15. The van der Waals surface area contributed by atoms with Crippen LogP contribution in [-0.2, 0) is 132 Å². The Hall–Kier alpha value is 2.18. The van der Waals surface area contributed by atoms with Crippen molar-refractivity contribution >= 4 is 31.7 Å². The SMILES string of the molecule is C.C.C.C.C.CC(=O)OOC(C)=O.CC1(C)CC(=O)CC(C)(C)[N-]1.CC1(C)CC(NCCNC2CC(C)(C)[N-]C(C)(C)C2)CC(C)(C)[N-]1.NCCN.[B-]OC(C)=O.[Na+].[Y].[Y].[Y]. The summed E-state index contributed by atoms with van der Waals surface area (Å²) in [4.78, 5) is 48.0. The van der Waals surface area contributed by atoms with Crippen LogP contribution in [0.5, 0.6) is 0 Å². The Morgan fingerprint density at radius 3 is 0.934 bits per heavy atom. The van der Waals surface area contributed by atoms with Crippen molar-refractivity contribution in [3.05, 3.63) is 16.0 Å². The molecule has 0 spiro atoms. The molecule has 0 aromatic rings. The first-order chi connectivity index (χ1) is 23.4. The van der Waals surface area contributed by atoms with Gasteiger partial charge in [-0.25, -0.2) is 19.4 Å². The molecule has 0 aromatic heterocycles. The van der Waals surface area contributed by atoms with Gasteiger partial charge in [0.25, 0.3) is 0 Å². The molecule has 3 heterocycles. The van der Waals surface area contributed by atoms with E-state index in [9.17, 15) is 19.2 Å². The van der Waals surface area contributed by atoms with E-state index in [1.54, 1.807) is 0 Å². The molecule has 0 unspecified atom stereocenters. The van der Waals surface area contributed by atoms with E-state index in [1.807, 2.05) is 27.7 Å². The Kier molecular flexibility index (Phi) is 62.2. The number of hydrogen-bond acceptors (Lipinski definition) is 11. The Morgan fingerprint density at radius 2 is 0.770 bits per heavy atom. The van der Waals surface area contributed by atoms with Crippen LogP contribution in [-0.4, -0.2) is 103 Å². The van der Waals surface area contributed by atoms with Crippen molar-refractivity contribution in [2.24, 2.45) is 11.5 Å². The molecule has 0 atom stereocenters. The molecule has 19 heteroatoms. The molecule has 3 aliphatic rings. The second-order valence-electron chi connectivity index (χ2n) is 17.6. The summed E-state index contributed by atoms with van der Waals surface area (Å²) in [5.41, 5.74) is 9.88. The quantitative estimate of drug-likeness (QED) is 0.115. The number of carbonyl (C=O) groups is 4. The minimum absolute atomic E-state index is 0. The standard InChI is InChI=1S/C20H40N4.C9H16NO.C4H6O4.C2H3BO2.C2H8N2.5CH4.Na.3Y/c1-17(2)11-15(12-18(3,4)23-17)21-9-10-22-16-13-19(5,6)24-20(7,8)14-16;1-8(2)5-7(11)6-9(3,4)10-8;1-3(5)7-8-4(2)6;1-2(4)5-3;3-1-2-4;;;;;;;;;/h15-16,21-22H,9-14H2,1-8H3;5-6H2,1-4H3;1-2H3;1H3;1-4H2;5*1H4;;;;/q-2;-1;;-1;;;;;;;+1;;;. The van der Waals surface area contributed by atoms with E-state index in [4.69, 9.17) is 22.1 Å². The first-order valence-electron chi connectivity index (χ1n) is 18.2. The molecule has 3 rings (SSSR count). The second-order valence-corrected chi connectivity index (χ2v) is 17.6. The largest absolute Gasteiger partial charge is 1.00 e. The van der Waals surface area contributed by atoms with Crippen LogP contribution in [0.3, 0.4) is 0 Å². The number of nitrogens with two attached hydrogens (primary N) is 2. The molecule has 354 valence electrons. The van der Waals surface area contributed by atoms with Crippen LogP contribution in [0.4, 0.5) is 0 Å². The third-order valence-electron chi connectivity index (χ3n) is 7.66. The monoisotopic (exact) mass is 1110 g/mol. The summed E-state index contributed by atoms with van der Waals surface area (Å²) in [7, 11) is 4.32. The van der Waals surface area contributed by atoms with E-state index < -0.39 is 17.9 Å². The van der Waals surface area contributed by atoms with E-state index in [1.165, 1.54) is 6.92 Å². The van der Waals surface area contributed by atoms with Crippen LogP contribution >= 0.6 is 0 Å². The van der Waals surface area contributed by atoms with Crippen LogP contribution in [0.1, 0.15) is 180 Å². The maximum absolute atomic E-state index is 11.2. The van der Waals surface area contributed by atoms with E-state index >= 15 is 0 Å². The fourth-order valence-corrected chi connectivity index (χ4v) is 7.26. The minimum Gasteiger partial charge on any atom is -0.793 e. The van der Waals surface area contributed by atoms with Crippen molar-refractivity contribution < 1.29 is 161 Å². The summed E-state index contributed by atoms with van der Waals surface area (Å²) < 4.78 is 3.61. The summed E-state index contributed by atoms with van der Waals surface area (Å²) in [5, 5.41) is 22.0. The van der Waals surface area contributed by atoms with Gasteiger partial charge in [0.15, 0.2) is 0 Å². The van der Waals surface area contributed by atoms with Crippen molar-refractivity contribution in [1.29, 1.82) is 0 Å². The number of nitrogens with one attached hydrogen (secondary N) is 2. The Morgan fingerprint density at radius 1 is 0.557 bits per heavy atom. The first kappa shape index (κ1) is 89.7. The predicted octanol–water partition coefficient (Wildman–Crippen LogP) is 5.37. The predicted molar refractivity (Wildman–Crippen MR) is 244 cm³/mol. The first-order valence-corrected chi connectivity index (χ1v) is 18.2. The fourth-order valence-electron chi connectivity index (χ4n) is 7.26. The van der Waals surface area contributed by atoms with Crippen molar-refractivity contribution in [3.8, 4) is 0 Å². The van der Waals surface area contributed by atoms with Crippen molar-refractivity contribution in [2.45, 2.75) is 225 Å². The van der Waals surface area contributed by atoms with Gasteiger partial charge >= 0.3 is 41.5 Å². The fraction of sp³-hybridized carbons (Fsp3) is 0.905. The number of piperidine rings is 3. The average Bonchev–Trinajstić information content (AvgIpc) is 2.90. The Labute approximate surface area is 476 Å². The van der Waals surface area contributed by atoms with Crippen LogP contribution in [0.2, 0.25) is 0 Å². The zero-order chi connectivity index (χ0) is 41.2. The van der Waals surface area contributed by atoms with Crippen molar-refractivity contribution in [2.75, 3.05) is 26.2 Å². The van der Waals surface area contributed by atoms with Gasteiger partial charge in [-0.2, -0.15) is 0 Å². The smallest absolute Gasteiger partial charge is 0.793 e. The van der Waals surface area contributed by atoms with Gasteiger partial charge in [0.05, 0.1) is 0 Å². The molecule has 3 saturated heterocycles. The van der Waals surface area contributed by atoms with Crippen LogP contribution in [0.25, 0.3) is 16.0 Å². The molecule has 0 saturated carbocycles. The summed E-state index contributed by atoms with van der Waals surface area (Å²) in [5.74, 6) is -1.40. The number of carbonyl (C=O) groups excluding carboxylic acids is 4. The van der Waals surface area contributed by atoms with Gasteiger partial charge < -0.3 is 50.8 Å². The third kappa shape index (κ3) is 53.0. The van der Waals surface area contributed by atoms with Crippen LogP contribution in [0.15, 0.2) is 0 Å². The van der Waals surface area contributed by atoms with Gasteiger partial charge in [-0.3, -0.25) is 9.59 Å². The van der Waals surface area contributed by atoms with Crippen LogP contribution < -0.4 is 51.7 Å². The third-order valence-corrected chi connectivity index (χ3v) is 7.66. The second kappa shape index (κ2) is 42.3. The zero-order valence-corrected chi connectivity index (χ0v) is 48.4. The van der Waals surface area contributed by atoms with Gasteiger partial charge in [0, 0.05) is 157 Å². The Bertz CT molecular complexity index is 1020. The molecular weight excluding hydrogens is 1020 g/mol. The van der Waals surface area contributed by atoms with Crippen LogP contribution in [0, 0.1) is 0 Å². The normalized spacial score (nSPS) is 18.8. The molecule has 3 aliphatic heterocycles. The molecule has 3 fully saturated rings. The van der Waals surface area contributed by atoms with Gasteiger partial charge in [-0.15, -0.1) is 33.2 Å². The molecular formula is C42H93BN7NaO7Y3-3. The number of nitrogens with zero attached hydrogens (tertiary/aromatic N) is 3. The average molecular weight is 1110 g/mol. The topological polar surface area (TPSA) is 214 Å². The number of Topliss-reactive ketones (excluding diaryl/α,β-unsaturated/α-hetero) is 1. The molecule has 6 N–H and O–H groups in total. The van der Waals surface area contributed by atoms with Gasteiger partial charge in [0.2, 0.25) is 5.97 Å². The molecule has 61 heavy (non-hydrogen) atoms. The number of hydrogen-bond donors (Lipinski definition) is 4. The molecule has 6 radical (unpaired) electrons. The molecule has 0 amide bonds. The summed E-state index contributed by atoms with van der Waals surface area (Å²) >= 11 is 0. The van der Waals surface area contributed by atoms with Gasteiger partial charge in [0.1, 0.15) is 5.78 Å². The van der Waals surface area contributed by atoms with Gasteiger partial charge in [-0.1, -0.05) is 146 Å². The van der Waals surface area contributed by atoms with E-state index in [2.05, 4.69) is 93.8 Å². The number of rotatable bonds is 6. The van der Waals surface area contributed by atoms with Crippen molar-refractivity contribution in [1.82, 2.24) is 10.6 Å². The molecule has 14 nitrogen and oxygen atoms in total. The van der Waals surface area contributed by atoms with E-state index in [-0.39, 0.29) is 198 Å². The summed E-state index contributed by atoms with van der Waals surface area (Å²) in [6.07, 6.45) is 5.77. The van der Waals surface area contributed by atoms with E-state index in [0.29, 0.717) is 43.8 Å².